The lowest BCUT2D eigenvalue weighted by molar-refractivity contribution is -0.160. The number of rotatable bonds is 8. The highest BCUT2D eigenvalue weighted by molar-refractivity contribution is 5.80. The SMILES string of the molecule is C=CCO[C@H]1CCC[C@@H](C(=O)NCC(CC)C(=O)OC(C)(C)C)C1. The van der Waals surface area contributed by atoms with Crippen molar-refractivity contribution < 1.29 is 19.1 Å². The van der Waals surface area contributed by atoms with Crippen molar-refractivity contribution in [2.24, 2.45) is 11.8 Å². The summed E-state index contributed by atoms with van der Waals surface area (Å²) >= 11 is 0. The van der Waals surface area contributed by atoms with Crippen LogP contribution < -0.4 is 5.32 Å². The Bertz CT molecular complexity index is 428. The second kappa shape index (κ2) is 9.82. The second-order valence-electron chi connectivity index (χ2n) is 7.49. The Kier molecular flexibility index (Phi) is 8.46. The number of nitrogens with one attached hydrogen (secondary N) is 1. The molecule has 1 fully saturated rings. The van der Waals surface area contributed by atoms with Gasteiger partial charge in [-0.05, 0) is 46.5 Å². The first-order chi connectivity index (χ1) is 11.3. The number of hydrogen-bond donors (Lipinski definition) is 1. The first kappa shape index (κ1) is 20.7. The van der Waals surface area contributed by atoms with Gasteiger partial charge in [0.2, 0.25) is 5.91 Å². The van der Waals surface area contributed by atoms with E-state index in [1.165, 1.54) is 0 Å². The molecule has 0 bridgehead atoms. The van der Waals surface area contributed by atoms with Crippen LogP contribution in [0.15, 0.2) is 12.7 Å². The first-order valence-electron chi connectivity index (χ1n) is 8.99. The number of amides is 1. The third kappa shape index (κ3) is 7.47. The summed E-state index contributed by atoms with van der Waals surface area (Å²) in [6.07, 6.45) is 6.10. The molecule has 0 saturated heterocycles. The van der Waals surface area contributed by atoms with Gasteiger partial charge in [-0.15, -0.1) is 6.58 Å². The third-order valence-electron chi connectivity index (χ3n) is 4.20. The van der Waals surface area contributed by atoms with Crippen LogP contribution in [-0.4, -0.2) is 36.7 Å². The summed E-state index contributed by atoms with van der Waals surface area (Å²) in [6.45, 7) is 12.0. The lowest BCUT2D eigenvalue weighted by Crippen LogP contribution is -2.40. The molecule has 0 aromatic heterocycles. The molecule has 0 heterocycles. The second-order valence-corrected chi connectivity index (χ2v) is 7.49. The molecule has 5 nitrogen and oxygen atoms in total. The zero-order valence-electron chi connectivity index (χ0n) is 15.6. The normalized spacial score (nSPS) is 22.5. The maximum Gasteiger partial charge on any atom is 0.311 e. The number of hydrogen-bond acceptors (Lipinski definition) is 4. The summed E-state index contributed by atoms with van der Waals surface area (Å²) in [7, 11) is 0. The Morgan fingerprint density at radius 2 is 2.04 bits per heavy atom. The Balaban J connectivity index is 2.45. The lowest BCUT2D eigenvalue weighted by atomic mass is 9.86. The number of esters is 1. The van der Waals surface area contributed by atoms with Crippen LogP contribution in [0.4, 0.5) is 0 Å². The fourth-order valence-electron chi connectivity index (χ4n) is 2.89. The highest BCUT2D eigenvalue weighted by Crippen LogP contribution is 2.26. The van der Waals surface area contributed by atoms with Crippen LogP contribution >= 0.6 is 0 Å². The molecular weight excluding hydrogens is 306 g/mol. The average Bonchev–Trinajstić information content (AvgIpc) is 2.51. The topological polar surface area (TPSA) is 64.6 Å². The molecule has 1 saturated carbocycles. The largest absolute Gasteiger partial charge is 0.460 e. The van der Waals surface area contributed by atoms with Crippen molar-refractivity contribution in [3.8, 4) is 0 Å². The van der Waals surface area contributed by atoms with Gasteiger partial charge in [0.15, 0.2) is 0 Å². The van der Waals surface area contributed by atoms with E-state index in [1.54, 1.807) is 6.08 Å². The van der Waals surface area contributed by atoms with Crippen LogP contribution in [0.25, 0.3) is 0 Å². The quantitative estimate of drug-likeness (QED) is 0.545. The molecule has 1 rings (SSSR count). The minimum atomic E-state index is -0.506. The first-order valence-corrected chi connectivity index (χ1v) is 8.99. The van der Waals surface area contributed by atoms with Crippen molar-refractivity contribution in [3.63, 3.8) is 0 Å². The molecule has 1 aliphatic rings. The smallest absolute Gasteiger partial charge is 0.311 e. The Hall–Kier alpha value is -1.36. The average molecular weight is 339 g/mol. The highest BCUT2D eigenvalue weighted by atomic mass is 16.6. The lowest BCUT2D eigenvalue weighted by Gasteiger charge is -2.29. The monoisotopic (exact) mass is 339 g/mol. The van der Waals surface area contributed by atoms with Crippen LogP contribution in [0.1, 0.15) is 59.8 Å². The molecule has 24 heavy (non-hydrogen) atoms. The standard InChI is InChI=1S/C19H33NO4/c1-6-11-23-16-10-8-9-15(12-16)17(21)20-13-14(7-2)18(22)24-19(3,4)5/h6,14-16H,1,7-13H2,2-5H3,(H,20,21)/t14?,15-,16+/m1/s1. The minimum absolute atomic E-state index is 0.0175. The van der Waals surface area contributed by atoms with Crippen LogP contribution in [0.2, 0.25) is 0 Å². The Morgan fingerprint density at radius 1 is 1.33 bits per heavy atom. The molecule has 0 aromatic carbocycles. The Morgan fingerprint density at radius 3 is 2.62 bits per heavy atom. The molecule has 0 aromatic rings. The molecule has 3 atom stereocenters. The maximum atomic E-state index is 12.4. The van der Waals surface area contributed by atoms with E-state index in [0.29, 0.717) is 19.6 Å². The van der Waals surface area contributed by atoms with Gasteiger partial charge in [0.05, 0.1) is 18.6 Å². The van der Waals surface area contributed by atoms with Gasteiger partial charge in [0, 0.05) is 12.5 Å². The summed E-state index contributed by atoms with van der Waals surface area (Å²) in [5, 5.41) is 2.93. The summed E-state index contributed by atoms with van der Waals surface area (Å²) in [5.74, 6) is -0.570. The van der Waals surface area contributed by atoms with Crippen molar-refractivity contribution >= 4 is 11.9 Å². The number of carbonyl (C=O) groups is 2. The molecule has 5 heteroatoms. The summed E-state index contributed by atoms with van der Waals surface area (Å²) in [4.78, 5) is 24.6. The predicted octanol–water partition coefficient (Wildman–Crippen LogP) is 3.23. The van der Waals surface area contributed by atoms with E-state index in [1.807, 2.05) is 27.7 Å². The number of ether oxygens (including phenoxy) is 2. The zero-order valence-corrected chi connectivity index (χ0v) is 15.6. The van der Waals surface area contributed by atoms with Gasteiger partial charge in [-0.25, -0.2) is 0 Å². The van der Waals surface area contributed by atoms with Crippen LogP contribution in [0, 0.1) is 11.8 Å². The predicted molar refractivity (Wildman–Crippen MR) is 94.5 cm³/mol. The molecule has 138 valence electrons. The van der Waals surface area contributed by atoms with E-state index in [2.05, 4.69) is 11.9 Å². The summed E-state index contributed by atoms with van der Waals surface area (Å²) in [5.41, 5.74) is -0.506. The maximum absolute atomic E-state index is 12.4. The van der Waals surface area contributed by atoms with Crippen LogP contribution in [0.3, 0.4) is 0 Å². The van der Waals surface area contributed by atoms with E-state index in [0.717, 1.165) is 25.7 Å². The van der Waals surface area contributed by atoms with E-state index in [-0.39, 0.29) is 29.8 Å². The van der Waals surface area contributed by atoms with Gasteiger partial charge < -0.3 is 14.8 Å². The fourth-order valence-corrected chi connectivity index (χ4v) is 2.89. The fraction of sp³-hybridized carbons (Fsp3) is 0.789. The van der Waals surface area contributed by atoms with Gasteiger partial charge >= 0.3 is 5.97 Å². The highest BCUT2D eigenvalue weighted by Gasteiger charge is 2.29. The van der Waals surface area contributed by atoms with E-state index in [9.17, 15) is 9.59 Å². The van der Waals surface area contributed by atoms with Gasteiger partial charge in [-0.2, -0.15) is 0 Å². The molecule has 0 spiro atoms. The minimum Gasteiger partial charge on any atom is -0.460 e. The third-order valence-corrected chi connectivity index (χ3v) is 4.20. The van der Waals surface area contributed by atoms with Crippen molar-refractivity contribution in [2.75, 3.05) is 13.2 Å². The van der Waals surface area contributed by atoms with Crippen LogP contribution in [0.5, 0.6) is 0 Å². The zero-order chi connectivity index (χ0) is 18.2. The van der Waals surface area contributed by atoms with Crippen molar-refractivity contribution in [2.45, 2.75) is 71.5 Å². The van der Waals surface area contributed by atoms with Crippen molar-refractivity contribution in [1.82, 2.24) is 5.32 Å². The van der Waals surface area contributed by atoms with Gasteiger partial charge in [-0.1, -0.05) is 19.4 Å². The van der Waals surface area contributed by atoms with Gasteiger partial charge in [-0.3, -0.25) is 9.59 Å². The molecule has 1 N–H and O–H groups in total. The van der Waals surface area contributed by atoms with E-state index in [4.69, 9.17) is 9.47 Å². The van der Waals surface area contributed by atoms with Gasteiger partial charge in [0.1, 0.15) is 5.60 Å². The summed E-state index contributed by atoms with van der Waals surface area (Å²) < 4.78 is 11.1. The van der Waals surface area contributed by atoms with Crippen molar-refractivity contribution in [1.29, 1.82) is 0 Å². The Labute approximate surface area is 146 Å². The molecule has 1 unspecified atom stereocenters. The molecule has 0 aliphatic heterocycles. The summed E-state index contributed by atoms with van der Waals surface area (Å²) in [6, 6.07) is 0. The van der Waals surface area contributed by atoms with Crippen molar-refractivity contribution in [3.05, 3.63) is 12.7 Å². The molecular formula is C19H33NO4. The molecule has 1 amide bonds. The molecule has 0 radical (unpaired) electrons. The van der Waals surface area contributed by atoms with Crippen LogP contribution in [-0.2, 0) is 19.1 Å². The number of carbonyl (C=O) groups excluding carboxylic acids is 2. The van der Waals surface area contributed by atoms with E-state index >= 15 is 0 Å². The van der Waals surface area contributed by atoms with Gasteiger partial charge in [0.25, 0.3) is 0 Å². The van der Waals surface area contributed by atoms with E-state index < -0.39 is 5.60 Å². The molecule has 1 aliphatic carbocycles.